The second-order valence-corrected chi connectivity index (χ2v) is 14.1. The van der Waals surface area contributed by atoms with E-state index in [1.54, 1.807) is 0 Å². The number of unbranched alkanes of at least 4 members (excludes halogenated alkanes) is 11. The zero-order valence-corrected chi connectivity index (χ0v) is 28.3. The molecule has 0 aromatic heterocycles. The first-order valence-corrected chi connectivity index (χ1v) is 18.1. The zero-order valence-electron chi connectivity index (χ0n) is 27.5. The molecular weight excluding hydrogens is 520 g/mol. The summed E-state index contributed by atoms with van der Waals surface area (Å²) in [4.78, 5) is 0. The minimum absolute atomic E-state index is 0.257. The minimum atomic E-state index is 0.257. The van der Waals surface area contributed by atoms with Gasteiger partial charge in [0.15, 0.2) is 0 Å². The fourth-order valence-electron chi connectivity index (χ4n) is 6.09. The molecule has 0 heterocycles. The molecule has 41 heavy (non-hydrogen) atoms. The van der Waals surface area contributed by atoms with Crippen LogP contribution in [-0.4, -0.2) is 21.2 Å². The first-order chi connectivity index (χ1) is 19.8. The van der Waals surface area contributed by atoms with Crippen LogP contribution < -0.4 is 0 Å². The van der Waals surface area contributed by atoms with Gasteiger partial charge < -0.3 is 10.2 Å². The Hall–Kier alpha value is -1.61. The molecular formula is C38H62O2S. The van der Waals surface area contributed by atoms with Gasteiger partial charge in [-0.1, -0.05) is 110 Å². The van der Waals surface area contributed by atoms with E-state index in [4.69, 9.17) is 0 Å². The lowest BCUT2D eigenvalue weighted by atomic mass is 9.81. The van der Waals surface area contributed by atoms with E-state index >= 15 is 0 Å². The molecule has 2 aromatic carbocycles. The highest BCUT2D eigenvalue weighted by Gasteiger charge is 2.24. The van der Waals surface area contributed by atoms with Crippen LogP contribution in [0, 0.1) is 13.8 Å². The van der Waals surface area contributed by atoms with Gasteiger partial charge in [-0.2, -0.15) is 11.8 Å². The highest BCUT2D eigenvalue weighted by atomic mass is 32.2. The number of phenols is 2. The van der Waals surface area contributed by atoms with E-state index in [2.05, 4.69) is 65.4 Å². The van der Waals surface area contributed by atoms with Crippen molar-refractivity contribution in [3.63, 3.8) is 0 Å². The summed E-state index contributed by atoms with van der Waals surface area (Å²) >= 11 is 2.13. The molecule has 0 aliphatic heterocycles. The number of phenolic OH excluding ortho intramolecular Hbond substituents is 2. The summed E-state index contributed by atoms with van der Waals surface area (Å²) in [6.45, 7) is 13.4. The molecule has 0 saturated carbocycles. The molecule has 2 aromatic rings. The lowest BCUT2D eigenvalue weighted by Crippen LogP contribution is -2.13. The number of aryl methyl sites for hydroxylation is 4. The number of thioether (sulfide) groups is 1. The summed E-state index contributed by atoms with van der Waals surface area (Å²) in [6.07, 6.45) is 21.2. The topological polar surface area (TPSA) is 40.5 Å². The molecule has 1 atom stereocenters. The van der Waals surface area contributed by atoms with Crippen LogP contribution in [0.4, 0.5) is 0 Å². The van der Waals surface area contributed by atoms with Gasteiger partial charge in [-0.15, -0.1) is 0 Å². The van der Waals surface area contributed by atoms with Crippen molar-refractivity contribution in [2.24, 2.45) is 0 Å². The smallest absolute Gasteiger partial charge is 0.119 e. The third kappa shape index (κ3) is 12.7. The van der Waals surface area contributed by atoms with Gasteiger partial charge in [0.05, 0.1) is 0 Å². The Balaban J connectivity index is 2.12. The molecule has 0 saturated heterocycles. The van der Waals surface area contributed by atoms with Gasteiger partial charge in [0.2, 0.25) is 0 Å². The Kier molecular flexibility index (Phi) is 17.6. The van der Waals surface area contributed by atoms with Crippen molar-refractivity contribution in [1.82, 2.24) is 0 Å². The average Bonchev–Trinajstić information content (AvgIpc) is 2.94. The zero-order chi connectivity index (χ0) is 30.0. The highest BCUT2D eigenvalue weighted by molar-refractivity contribution is 7.99. The molecule has 232 valence electrons. The van der Waals surface area contributed by atoms with Crippen molar-refractivity contribution in [3.05, 3.63) is 57.6 Å². The van der Waals surface area contributed by atoms with Gasteiger partial charge in [-0.25, -0.2) is 0 Å². The molecule has 2 nitrogen and oxygen atoms in total. The monoisotopic (exact) mass is 582 g/mol. The highest BCUT2D eigenvalue weighted by Crippen LogP contribution is 2.40. The number of hydrogen-bond acceptors (Lipinski definition) is 3. The quantitative estimate of drug-likeness (QED) is 0.136. The SMILES string of the molecule is CCCCCCCCCCCCSC(C)CC(c1cc(CCCC)c(O)cc1C)c1cc(CCCC)c(O)cc1C. The number of rotatable bonds is 22. The maximum Gasteiger partial charge on any atom is 0.119 e. The molecule has 0 amide bonds. The van der Waals surface area contributed by atoms with E-state index in [1.165, 1.54) is 92.2 Å². The first-order valence-electron chi connectivity index (χ1n) is 17.1. The number of hydrogen-bond donors (Lipinski definition) is 2. The summed E-state index contributed by atoms with van der Waals surface area (Å²) < 4.78 is 0. The predicted octanol–water partition coefficient (Wildman–Crippen LogP) is 12.0. The predicted molar refractivity (Wildman–Crippen MR) is 183 cm³/mol. The Morgan fingerprint density at radius 2 is 1.00 bits per heavy atom. The fourth-order valence-corrected chi connectivity index (χ4v) is 7.20. The van der Waals surface area contributed by atoms with Gasteiger partial charge in [0, 0.05) is 11.2 Å². The van der Waals surface area contributed by atoms with E-state index < -0.39 is 0 Å². The van der Waals surface area contributed by atoms with Crippen LogP contribution in [0.25, 0.3) is 0 Å². The van der Waals surface area contributed by atoms with Gasteiger partial charge in [0.1, 0.15) is 11.5 Å². The van der Waals surface area contributed by atoms with Crippen LogP contribution in [0.1, 0.15) is 163 Å². The molecule has 2 N–H and O–H groups in total. The molecule has 0 bridgehead atoms. The third-order valence-corrected chi connectivity index (χ3v) is 10.0. The standard InChI is InChI=1S/C38H62O2S/c1-7-10-13-14-15-16-17-18-19-20-23-41-31(6)26-36(34-27-32(21-11-8-2)37(39)24-29(34)4)35-28-33(22-12-9-3)38(40)25-30(35)5/h24-25,27-28,31,36,39-40H,7-23,26H2,1-6H3. The van der Waals surface area contributed by atoms with E-state index in [-0.39, 0.29) is 5.92 Å². The van der Waals surface area contributed by atoms with Crippen molar-refractivity contribution in [1.29, 1.82) is 0 Å². The summed E-state index contributed by atoms with van der Waals surface area (Å²) in [6, 6.07) is 8.57. The second-order valence-electron chi connectivity index (χ2n) is 12.5. The van der Waals surface area contributed by atoms with Crippen LogP contribution in [0.15, 0.2) is 24.3 Å². The molecule has 0 aliphatic carbocycles. The van der Waals surface area contributed by atoms with Crippen molar-refractivity contribution in [2.75, 3.05) is 5.75 Å². The van der Waals surface area contributed by atoms with Crippen LogP contribution in [0.3, 0.4) is 0 Å². The summed E-state index contributed by atoms with van der Waals surface area (Å²) in [5.41, 5.74) is 7.17. The van der Waals surface area contributed by atoms with Crippen LogP contribution >= 0.6 is 11.8 Å². The number of aromatic hydroxyl groups is 2. The molecule has 0 fully saturated rings. The second kappa shape index (κ2) is 20.3. The Morgan fingerprint density at radius 1 is 0.585 bits per heavy atom. The van der Waals surface area contributed by atoms with Gasteiger partial charge in [-0.3, -0.25) is 0 Å². The Morgan fingerprint density at radius 3 is 1.44 bits per heavy atom. The fraction of sp³-hybridized carbons (Fsp3) is 0.684. The van der Waals surface area contributed by atoms with Crippen LogP contribution in [-0.2, 0) is 12.8 Å². The molecule has 1 unspecified atom stereocenters. The molecule has 0 radical (unpaired) electrons. The lowest BCUT2D eigenvalue weighted by Gasteiger charge is -2.27. The molecule has 3 heteroatoms. The maximum atomic E-state index is 10.7. The molecule has 0 aliphatic rings. The van der Waals surface area contributed by atoms with Crippen molar-refractivity contribution in [3.8, 4) is 11.5 Å². The van der Waals surface area contributed by atoms with Gasteiger partial charge in [-0.05, 0) is 104 Å². The van der Waals surface area contributed by atoms with E-state index in [9.17, 15) is 10.2 Å². The third-order valence-electron chi connectivity index (χ3n) is 8.75. The van der Waals surface area contributed by atoms with Gasteiger partial charge in [0.25, 0.3) is 0 Å². The maximum absolute atomic E-state index is 10.7. The van der Waals surface area contributed by atoms with E-state index in [0.29, 0.717) is 16.7 Å². The normalized spacial score (nSPS) is 12.4. The summed E-state index contributed by atoms with van der Waals surface area (Å²) in [5.74, 6) is 2.37. The Labute approximate surface area is 258 Å². The summed E-state index contributed by atoms with van der Waals surface area (Å²) in [7, 11) is 0. The molecule has 0 spiro atoms. The largest absolute Gasteiger partial charge is 0.508 e. The van der Waals surface area contributed by atoms with Crippen LogP contribution in [0.5, 0.6) is 11.5 Å². The number of benzene rings is 2. The molecule has 2 rings (SSSR count). The Bertz CT molecular complexity index is 935. The van der Waals surface area contributed by atoms with Crippen molar-refractivity contribution < 1.29 is 10.2 Å². The van der Waals surface area contributed by atoms with Crippen molar-refractivity contribution in [2.45, 2.75) is 162 Å². The summed E-state index contributed by atoms with van der Waals surface area (Å²) in [5, 5.41) is 22.0. The van der Waals surface area contributed by atoms with E-state index in [0.717, 1.165) is 56.1 Å². The lowest BCUT2D eigenvalue weighted by molar-refractivity contribution is 0.465. The van der Waals surface area contributed by atoms with Crippen molar-refractivity contribution >= 4 is 11.8 Å². The average molecular weight is 583 g/mol. The van der Waals surface area contributed by atoms with Crippen LogP contribution in [0.2, 0.25) is 0 Å². The first kappa shape index (κ1) is 35.6. The van der Waals surface area contributed by atoms with Gasteiger partial charge >= 0.3 is 0 Å². The van der Waals surface area contributed by atoms with E-state index in [1.807, 2.05) is 12.1 Å². The minimum Gasteiger partial charge on any atom is -0.508 e.